The van der Waals surface area contributed by atoms with Gasteiger partial charge in [0.25, 0.3) is 5.91 Å². The Hall–Kier alpha value is -3.35. The lowest BCUT2D eigenvalue weighted by molar-refractivity contribution is -0.137. The molecule has 0 heterocycles. The number of ether oxygens (including phenoxy) is 1. The first-order valence-corrected chi connectivity index (χ1v) is 9.06. The number of benzene rings is 2. The molecule has 0 saturated heterocycles. The minimum Gasteiger partial charge on any atom is -0.494 e. The molecular weight excluding hydrogens is 360 g/mol. The predicted octanol–water partition coefficient (Wildman–Crippen LogP) is 2.54. The summed E-state index contributed by atoms with van der Waals surface area (Å²) >= 11 is 0. The van der Waals surface area contributed by atoms with E-state index >= 15 is 0 Å². The number of rotatable bonds is 10. The number of hydrogen-bond donors (Lipinski definition) is 3. The van der Waals surface area contributed by atoms with E-state index in [-0.39, 0.29) is 25.3 Å². The van der Waals surface area contributed by atoms with Crippen LogP contribution in [0.1, 0.15) is 41.7 Å². The van der Waals surface area contributed by atoms with Crippen LogP contribution in [0.5, 0.6) is 5.75 Å². The minimum atomic E-state index is -0.931. The summed E-state index contributed by atoms with van der Waals surface area (Å²) in [5.74, 6) is -1.03. The number of carboxylic acids is 1. The Morgan fingerprint density at radius 2 is 1.71 bits per heavy atom. The SMILES string of the molecule is CCOc1ccc(C(=O)NCC(=O)NC(CCC(=O)O)c2ccccc2)cc1. The highest BCUT2D eigenvalue weighted by atomic mass is 16.5. The van der Waals surface area contributed by atoms with Crippen LogP contribution in [-0.2, 0) is 9.59 Å². The first-order chi connectivity index (χ1) is 13.5. The molecule has 2 rings (SSSR count). The number of hydrogen-bond acceptors (Lipinski definition) is 4. The fourth-order valence-electron chi connectivity index (χ4n) is 2.65. The molecule has 3 N–H and O–H groups in total. The monoisotopic (exact) mass is 384 g/mol. The van der Waals surface area contributed by atoms with E-state index in [2.05, 4.69) is 10.6 Å². The molecule has 7 nitrogen and oxygen atoms in total. The number of carbonyl (C=O) groups is 3. The van der Waals surface area contributed by atoms with Gasteiger partial charge in [0.2, 0.25) is 5.91 Å². The van der Waals surface area contributed by atoms with Crippen molar-refractivity contribution in [3.05, 3.63) is 65.7 Å². The van der Waals surface area contributed by atoms with Gasteiger partial charge >= 0.3 is 5.97 Å². The molecule has 2 amide bonds. The van der Waals surface area contributed by atoms with Crippen molar-refractivity contribution in [3.63, 3.8) is 0 Å². The molecular formula is C21H24N2O5. The van der Waals surface area contributed by atoms with Crippen LogP contribution in [-0.4, -0.2) is 36.0 Å². The summed E-state index contributed by atoms with van der Waals surface area (Å²) in [6, 6.07) is 15.3. The average Bonchev–Trinajstić information content (AvgIpc) is 2.70. The number of nitrogens with one attached hydrogen (secondary N) is 2. The second kappa shape index (κ2) is 10.7. The van der Waals surface area contributed by atoms with Crippen LogP contribution in [0, 0.1) is 0 Å². The normalized spacial score (nSPS) is 11.3. The molecule has 2 aromatic rings. The molecule has 0 spiro atoms. The van der Waals surface area contributed by atoms with Crippen LogP contribution < -0.4 is 15.4 Å². The molecule has 148 valence electrons. The standard InChI is InChI=1S/C21H24N2O5/c1-2-28-17-10-8-16(9-11-17)21(27)22-14-19(24)23-18(12-13-20(25)26)15-6-4-3-5-7-15/h3-11,18H,2,12-14H2,1H3,(H,22,27)(H,23,24)(H,25,26). The zero-order valence-corrected chi connectivity index (χ0v) is 15.7. The Bertz CT molecular complexity index is 790. The van der Waals surface area contributed by atoms with Crippen LogP contribution in [0.3, 0.4) is 0 Å². The summed E-state index contributed by atoms with van der Waals surface area (Å²) in [5.41, 5.74) is 1.23. The van der Waals surface area contributed by atoms with Gasteiger partial charge in [-0.05, 0) is 43.2 Å². The maximum Gasteiger partial charge on any atom is 0.303 e. The smallest absolute Gasteiger partial charge is 0.303 e. The number of aliphatic carboxylic acids is 1. The Morgan fingerprint density at radius 1 is 1.04 bits per heavy atom. The van der Waals surface area contributed by atoms with Gasteiger partial charge in [-0.3, -0.25) is 14.4 Å². The minimum absolute atomic E-state index is 0.0711. The summed E-state index contributed by atoms with van der Waals surface area (Å²) in [6.07, 6.45) is 0.191. The summed E-state index contributed by atoms with van der Waals surface area (Å²) < 4.78 is 5.33. The quantitative estimate of drug-likeness (QED) is 0.584. The third kappa shape index (κ3) is 6.75. The van der Waals surface area contributed by atoms with Crippen LogP contribution in [0.25, 0.3) is 0 Å². The van der Waals surface area contributed by atoms with Gasteiger partial charge in [0, 0.05) is 12.0 Å². The molecule has 0 bridgehead atoms. The predicted molar refractivity (Wildman–Crippen MR) is 104 cm³/mol. The highest BCUT2D eigenvalue weighted by molar-refractivity contribution is 5.96. The first-order valence-electron chi connectivity index (χ1n) is 9.06. The lowest BCUT2D eigenvalue weighted by atomic mass is 10.0. The Labute approximate surface area is 163 Å². The fraction of sp³-hybridized carbons (Fsp3) is 0.286. The molecule has 7 heteroatoms. The maximum absolute atomic E-state index is 12.3. The molecule has 1 atom stereocenters. The molecule has 0 aliphatic rings. The van der Waals surface area contributed by atoms with E-state index < -0.39 is 17.9 Å². The van der Waals surface area contributed by atoms with Crippen molar-refractivity contribution in [2.45, 2.75) is 25.8 Å². The lowest BCUT2D eigenvalue weighted by Gasteiger charge is -2.19. The fourth-order valence-corrected chi connectivity index (χ4v) is 2.65. The van der Waals surface area contributed by atoms with Gasteiger partial charge in [-0.15, -0.1) is 0 Å². The zero-order chi connectivity index (χ0) is 20.4. The molecule has 1 unspecified atom stereocenters. The number of carboxylic acid groups (broad SMARTS) is 1. The number of amides is 2. The van der Waals surface area contributed by atoms with Crippen LogP contribution in [0.2, 0.25) is 0 Å². The van der Waals surface area contributed by atoms with Crippen molar-refractivity contribution in [1.29, 1.82) is 0 Å². The molecule has 0 saturated carbocycles. The van der Waals surface area contributed by atoms with E-state index in [0.29, 0.717) is 17.9 Å². The highest BCUT2D eigenvalue weighted by Gasteiger charge is 2.16. The van der Waals surface area contributed by atoms with Gasteiger partial charge in [0.1, 0.15) is 5.75 Å². The molecule has 28 heavy (non-hydrogen) atoms. The van der Waals surface area contributed by atoms with E-state index in [4.69, 9.17) is 9.84 Å². The maximum atomic E-state index is 12.3. The topological polar surface area (TPSA) is 105 Å². The van der Waals surface area contributed by atoms with Crippen molar-refractivity contribution in [3.8, 4) is 5.75 Å². The van der Waals surface area contributed by atoms with Crippen molar-refractivity contribution in [2.75, 3.05) is 13.2 Å². The molecule has 0 aliphatic carbocycles. The Morgan fingerprint density at radius 3 is 2.32 bits per heavy atom. The van der Waals surface area contributed by atoms with E-state index in [1.54, 1.807) is 24.3 Å². The van der Waals surface area contributed by atoms with Crippen LogP contribution in [0.4, 0.5) is 0 Å². The highest BCUT2D eigenvalue weighted by Crippen LogP contribution is 2.18. The zero-order valence-electron chi connectivity index (χ0n) is 15.7. The van der Waals surface area contributed by atoms with Crippen molar-refractivity contribution >= 4 is 17.8 Å². The number of carbonyl (C=O) groups excluding carboxylic acids is 2. The van der Waals surface area contributed by atoms with Crippen LogP contribution >= 0.6 is 0 Å². The summed E-state index contributed by atoms with van der Waals surface area (Å²) in [7, 11) is 0. The Kier molecular flexibility index (Phi) is 8.02. The molecule has 0 aliphatic heterocycles. The summed E-state index contributed by atoms with van der Waals surface area (Å²) in [4.78, 5) is 35.3. The Balaban J connectivity index is 1.90. The second-order valence-corrected chi connectivity index (χ2v) is 6.10. The third-order valence-corrected chi connectivity index (χ3v) is 4.02. The molecule has 0 fully saturated rings. The average molecular weight is 384 g/mol. The van der Waals surface area contributed by atoms with Gasteiger partial charge in [-0.1, -0.05) is 30.3 Å². The molecule has 2 aromatic carbocycles. The van der Waals surface area contributed by atoms with E-state index in [1.165, 1.54) is 0 Å². The van der Waals surface area contributed by atoms with E-state index in [1.807, 2.05) is 37.3 Å². The van der Waals surface area contributed by atoms with Gasteiger partial charge in [0.15, 0.2) is 0 Å². The summed E-state index contributed by atoms with van der Waals surface area (Å²) in [5, 5.41) is 14.3. The lowest BCUT2D eigenvalue weighted by Crippen LogP contribution is -2.38. The first kappa shape index (κ1) is 21.0. The summed E-state index contributed by atoms with van der Waals surface area (Å²) in [6.45, 7) is 2.21. The van der Waals surface area contributed by atoms with Gasteiger partial charge in [0.05, 0.1) is 19.2 Å². The largest absolute Gasteiger partial charge is 0.494 e. The van der Waals surface area contributed by atoms with Crippen LogP contribution in [0.15, 0.2) is 54.6 Å². The van der Waals surface area contributed by atoms with Crippen molar-refractivity contribution in [2.24, 2.45) is 0 Å². The second-order valence-electron chi connectivity index (χ2n) is 6.10. The molecule has 0 radical (unpaired) electrons. The van der Waals surface area contributed by atoms with E-state index in [9.17, 15) is 14.4 Å². The van der Waals surface area contributed by atoms with Crippen molar-refractivity contribution < 1.29 is 24.2 Å². The van der Waals surface area contributed by atoms with E-state index in [0.717, 1.165) is 5.56 Å². The third-order valence-electron chi connectivity index (χ3n) is 4.02. The van der Waals surface area contributed by atoms with Crippen molar-refractivity contribution in [1.82, 2.24) is 10.6 Å². The van der Waals surface area contributed by atoms with Gasteiger partial charge in [-0.2, -0.15) is 0 Å². The van der Waals surface area contributed by atoms with Gasteiger partial charge < -0.3 is 20.5 Å². The van der Waals surface area contributed by atoms with Gasteiger partial charge in [-0.25, -0.2) is 0 Å². The molecule has 0 aromatic heterocycles.